The van der Waals surface area contributed by atoms with Crippen LogP contribution in [-0.2, 0) is 11.3 Å². The Balaban J connectivity index is 1.48. The molecular formula is C19H17N3O7. The molecule has 150 valence electrons. The smallest absolute Gasteiger partial charge is 0.420 e. The van der Waals surface area contributed by atoms with Crippen LogP contribution in [0.4, 0.5) is 5.69 Å². The van der Waals surface area contributed by atoms with Gasteiger partial charge in [0.05, 0.1) is 17.0 Å². The van der Waals surface area contributed by atoms with Crippen LogP contribution in [0.25, 0.3) is 11.1 Å². The van der Waals surface area contributed by atoms with Gasteiger partial charge in [0.2, 0.25) is 5.91 Å². The van der Waals surface area contributed by atoms with Crippen molar-refractivity contribution in [3.8, 4) is 11.5 Å². The standard InChI is InChI=1S/C19H17N3O7/c1-20(9-13-11-27-16-4-2-3-5-17(16)28-13)18(23)10-21-14-8-12(22(25)26)6-7-15(14)29-19(21)24/h2-8,13H,9-11H2,1H3/t13-/m1/s1. The molecule has 1 atom stereocenters. The third-order valence-electron chi connectivity index (χ3n) is 4.63. The number of nitro benzene ring substituents is 1. The number of carbonyl (C=O) groups excluding carboxylic acids is 1. The minimum Gasteiger partial charge on any atom is -0.486 e. The first-order valence-electron chi connectivity index (χ1n) is 8.82. The molecule has 1 aliphatic heterocycles. The molecular weight excluding hydrogens is 382 g/mol. The number of carbonyl (C=O) groups is 1. The van der Waals surface area contributed by atoms with Gasteiger partial charge in [-0.05, 0) is 18.2 Å². The van der Waals surface area contributed by atoms with Gasteiger partial charge in [0.1, 0.15) is 13.2 Å². The van der Waals surface area contributed by atoms with Crippen molar-refractivity contribution in [2.45, 2.75) is 12.6 Å². The Kier molecular flexibility index (Phi) is 4.67. The number of fused-ring (bicyclic) bond motifs is 2. The summed E-state index contributed by atoms with van der Waals surface area (Å²) in [4.78, 5) is 36.6. The minimum absolute atomic E-state index is 0.177. The number of rotatable bonds is 5. The Labute approximate surface area is 164 Å². The summed E-state index contributed by atoms with van der Waals surface area (Å²) in [7, 11) is 1.59. The maximum absolute atomic E-state index is 12.6. The Morgan fingerprint density at radius 1 is 1.28 bits per heavy atom. The van der Waals surface area contributed by atoms with E-state index in [0.717, 1.165) is 4.57 Å². The molecule has 0 fully saturated rings. The molecule has 2 aromatic carbocycles. The number of amides is 1. The highest BCUT2D eigenvalue weighted by molar-refractivity contribution is 5.80. The second-order valence-electron chi connectivity index (χ2n) is 6.64. The van der Waals surface area contributed by atoms with Crippen LogP contribution in [0.5, 0.6) is 11.5 Å². The summed E-state index contributed by atoms with van der Waals surface area (Å²) in [6.07, 6.45) is -0.363. The second kappa shape index (κ2) is 7.30. The Bertz CT molecular complexity index is 1150. The molecule has 0 unspecified atom stereocenters. The van der Waals surface area contributed by atoms with Gasteiger partial charge < -0.3 is 18.8 Å². The zero-order valence-electron chi connectivity index (χ0n) is 15.4. The van der Waals surface area contributed by atoms with Gasteiger partial charge in [-0.2, -0.15) is 0 Å². The van der Waals surface area contributed by atoms with E-state index < -0.39 is 10.7 Å². The van der Waals surface area contributed by atoms with Crippen LogP contribution in [0.2, 0.25) is 0 Å². The molecule has 0 saturated heterocycles. The first-order valence-corrected chi connectivity index (χ1v) is 8.82. The van der Waals surface area contributed by atoms with Gasteiger partial charge in [-0.15, -0.1) is 0 Å². The average Bonchev–Trinajstić information content (AvgIpc) is 3.02. The lowest BCUT2D eigenvalue weighted by Gasteiger charge is -2.29. The van der Waals surface area contributed by atoms with Crippen LogP contribution < -0.4 is 15.2 Å². The summed E-state index contributed by atoms with van der Waals surface area (Å²) in [5.41, 5.74) is 0.174. The highest BCUT2D eigenvalue weighted by Crippen LogP contribution is 2.31. The molecule has 2 heterocycles. The summed E-state index contributed by atoms with van der Waals surface area (Å²) < 4.78 is 17.6. The van der Waals surface area contributed by atoms with Gasteiger partial charge in [0.15, 0.2) is 23.2 Å². The number of likely N-dealkylation sites (N-methyl/N-ethyl adjacent to an activating group) is 1. The van der Waals surface area contributed by atoms with E-state index in [1.807, 2.05) is 12.1 Å². The number of non-ortho nitro benzene ring substituents is 1. The van der Waals surface area contributed by atoms with Crippen LogP contribution in [0.1, 0.15) is 0 Å². The molecule has 0 aliphatic carbocycles. The summed E-state index contributed by atoms with van der Waals surface area (Å²) in [6.45, 7) is 0.223. The number of hydrogen-bond donors (Lipinski definition) is 0. The molecule has 1 aromatic heterocycles. The number of benzene rings is 2. The van der Waals surface area contributed by atoms with Gasteiger partial charge >= 0.3 is 5.76 Å². The third-order valence-corrected chi connectivity index (χ3v) is 4.63. The Hall–Kier alpha value is -3.82. The van der Waals surface area contributed by atoms with Crippen molar-refractivity contribution in [2.75, 3.05) is 20.2 Å². The van der Waals surface area contributed by atoms with Crippen LogP contribution >= 0.6 is 0 Å². The summed E-state index contributed by atoms with van der Waals surface area (Å²) in [5.74, 6) is 0.127. The number of oxazole rings is 1. The van der Waals surface area contributed by atoms with E-state index in [4.69, 9.17) is 13.9 Å². The SMILES string of the molecule is CN(C[C@@H]1COc2ccccc2O1)C(=O)Cn1c(=O)oc2ccc([N+](=O)[O-])cc21. The lowest BCUT2D eigenvalue weighted by atomic mass is 10.2. The summed E-state index contributed by atoms with van der Waals surface area (Å²) in [6, 6.07) is 11.0. The average molecular weight is 399 g/mol. The number of aromatic nitrogens is 1. The van der Waals surface area contributed by atoms with E-state index >= 15 is 0 Å². The van der Waals surface area contributed by atoms with Gasteiger partial charge in [0, 0.05) is 19.2 Å². The zero-order chi connectivity index (χ0) is 20.5. The van der Waals surface area contributed by atoms with Crippen LogP contribution in [0.15, 0.2) is 51.7 Å². The van der Waals surface area contributed by atoms with Crippen LogP contribution in [0.3, 0.4) is 0 Å². The van der Waals surface area contributed by atoms with Crippen LogP contribution in [-0.4, -0.2) is 46.6 Å². The van der Waals surface area contributed by atoms with Crippen molar-refractivity contribution >= 4 is 22.7 Å². The van der Waals surface area contributed by atoms with Crippen molar-refractivity contribution in [3.63, 3.8) is 0 Å². The number of ether oxygens (including phenoxy) is 2. The number of para-hydroxylation sites is 2. The van der Waals surface area contributed by atoms with Crippen molar-refractivity contribution in [1.82, 2.24) is 9.47 Å². The predicted octanol–water partition coefficient (Wildman–Crippen LogP) is 1.80. The molecule has 0 spiro atoms. The minimum atomic E-state index is -0.756. The van der Waals surface area contributed by atoms with Crippen molar-refractivity contribution < 1.29 is 23.6 Å². The lowest BCUT2D eigenvalue weighted by molar-refractivity contribution is -0.384. The number of hydrogen-bond acceptors (Lipinski definition) is 7. The molecule has 3 aromatic rings. The van der Waals surface area contributed by atoms with E-state index in [0.29, 0.717) is 11.5 Å². The molecule has 0 radical (unpaired) electrons. The molecule has 10 heteroatoms. The third kappa shape index (κ3) is 3.64. The van der Waals surface area contributed by atoms with Gasteiger partial charge in [0.25, 0.3) is 5.69 Å². The molecule has 0 saturated carbocycles. The van der Waals surface area contributed by atoms with Gasteiger partial charge in [-0.1, -0.05) is 12.1 Å². The quantitative estimate of drug-likeness (QED) is 0.474. The molecule has 0 bridgehead atoms. The molecule has 1 aliphatic rings. The first-order chi connectivity index (χ1) is 13.9. The summed E-state index contributed by atoms with van der Waals surface area (Å²) >= 11 is 0. The Morgan fingerprint density at radius 3 is 2.79 bits per heavy atom. The highest BCUT2D eigenvalue weighted by Gasteiger charge is 2.25. The van der Waals surface area contributed by atoms with Crippen molar-refractivity contribution in [2.24, 2.45) is 0 Å². The molecule has 29 heavy (non-hydrogen) atoms. The number of nitro groups is 1. The maximum atomic E-state index is 12.6. The van der Waals surface area contributed by atoms with Gasteiger partial charge in [-0.25, -0.2) is 4.79 Å². The second-order valence-corrected chi connectivity index (χ2v) is 6.64. The molecule has 0 N–H and O–H groups in total. The lowest BCUT2D eigenvalue weighted by Crippen LogP contribution is -2.43. The zero-order valence-corrected chi connectivity index (χ0v) is 15.4. The van der Waals surface area contributed by atoms with Crippen molar-refractivity contribution in [3.05, 3.63) is 63.1 Å². The van der Waals surface area contributed by atoms with E-state index in [1.54, 1.807) is 19.2 Å². The fourth-order valence-corrected chi connectivity index (χ4v) is 3.13. The monoisotopic (exact) mass is 399 g/mol. The summed E-state index contributed by atoms with van der Waals surface area (Å²) in [5, 5.41) is 11.0. The fraction of sp³-hybridized carbons (Fsp3) is 0.263. The topological polar surface area (TPSA) is 117 Å². The predicted molar refractivity (Wildman–Crippen MR) is 101 cm³/mol. The van der Waals surface area contributed by atoms with Crippen molar-refractivity contribution in [1.29, 1.82) is 0 Å². The van der Waals surface area contributed by atoms with E-state index in [9.17, 15) is 19.7 Å². The maximum Gasteiger partial charge on any atom is 0.420 e. The normalized spacial score (nSPS) is 15.3. The largest absolute Gasteiger partial charge is 0.486 e. The van der Waals surface area contributed by atoms with E-state index in [1.165, 1.54) is 23.1 Å². The molecule has 10 nitrogen and oxygen atoms in total. The van der Waals surface area contributed by atoms with E-state index in [2.05, 4.69) is 0 Å². The number of nitrogens with zero attached hydrogens (tertiary/aromatic N) is 3. The van der Waals surface area contributed by atoms with Gasteiger partial charge in [-0.3, -0.25) is 19.5 Å². The first kappa shape index (κ1) is 18.5. The molecule has 4 rings (SSSR count). The van der Waals surface area contributed by atoms with E-state index in [-0.39, 0.29) is 48.5 Å². The molecule has 1 amide bonds. The highest BCUT2D eigenvalue weighted by atomic mass is 16.6. The fourth-order valence-electron chi connectivity index (χ4n) is 3.13. The Morgan fingerprint density at radius 2 is 2.03 bits per heavy atom. The van der Waals surface area contributed by atoms with Crippen LogP contribution in [0, 0.1) is 10.1 Å².